The van der Waals surface area contributed by atoms with Crippen LogP contribution in [0.1, 0.15) is 21.6 Å². The van der Waals surface area contributed by atoms with Crippen LogP contribution in [-0.2, 0) is 21.0 Å². The van der Waals surface area contributed by atoms with Crippen molar-refractivity contribution < 1.29 is 17.9 Å². The summed E-state index contributed by atoms with van der Waals surface area (Å²) in [7, 11) is -1.90. The standard InChI is InChI=1S/C17H16N2O4S/c1-23-17(20)16-15-12(4-3-5-14(15)18-19-16)10-11-6-8-13(9-7-11)24(2,21)22/h3-9H,10H2,1-2H3,(H,18,19). The minimum absolute atomic E-state index is 0.246. The van der Waals surface area contributed by atoms with Gasteiger partial charge in [-0.25, -0.2) is 13.2 Å². The molecule has 0 aliphatic carbocycles. The second kappa shape index (κ2) is 6.09. The van der Waals surface area contributed by atoms with E-state index in [1.54, 1.807) is 24.3 Å². The molecule has 0 saturated carbocycles. The van der Waals surface area contributed by atoms with E-state index in [4.69, 9.17) is 4.74 Å². The summed E-state index contributed by atoms with van der Waals surface area (Å²) in [6, 6.07) is 12.3. The lowest BCUT2D eigenvalue weighted by Gasteiger charge is -2.06. The Balaban J connectivity index is 2.01. The number of fused-ring (bicyclic) bond motifs is 1. The molecule has 3 aromatic rings. The number of methoxy groups -OCH3 is 1. The molecular weight excluding hydrogens is 328 g/mol. The zero-order valence-corrected chi connectivity index (χ0v) is 14.1. The number of aromatic amines is 1. The highest BCUT2D eigenvalue weighted by molar-refractivity contribution is 7.90. The highest BCUT2D eigenvalue weighted by Gasteiger charge is 2.17. The molecule has 0 unspecified atom stereocenters. The Bertz CT molecular complexity index is 1000. The lowest BCUT2D eigenvalue weighted by atomic mass is 10.00. The van der Waals surface area contributed by atoms with E-state index in [9.17, 15) is 13.2 Å². The van der Waals surface area contributed by atoms with Crippen molar-refractivity contribution in [3.8, 4) is 0 Å². The van der Waals surface area contributed by atoms with Crippen LogP contribution in [0.4, 0.5) is 0 Å². The molecule has 7 heteroatoms. The number of H-pyrrole nitrogens is 1. The molecule has 0 aliphatic heterocycles. The monoisotopic (exact) mass is 344 g/mol. The summed E-state index contributed by atoms with van der Waals surface area (Å²) in [6.07, 6.45) is 1.72. The zero-order chi connectivity index (χ0) is 17.3. The Morgan fingerprint density at radius 2 is 1.88 bits per heavy atom. The Morgan fingerprint density at radius 3 is 2.50 bits per heavy atom. The second-order valence-electron chi connectivity index (χ2n) is 5.50. The topological polar surface area (TPSA) is 89.1 Å². The SMILES string of the molecule is COC(=O)c1n[nH]c2cccc(Cc3ccc(S(C)(=O)=O)cc3)c12. The van der Waals surface area contributed by atoms with Crippen LogP contribution in [-0.4, -0.2) is 38.0 Å². The molecule has 0 spiro atoms. The predicted molar refractivity (Wildman–Crippen MR) is 89.8 cm³/mol. The fourth-order valence-corrected chi connectivity index (χ4v) is 3.24. The lowest BCUT2D eigenvalue weighted by Crippen LogP contribution is -2.03. The van der Waals surface area contributed by atoms with E-state index in [1.807, 2.05) is 18.2 Å². The summed E-state index contributed by atoms with van der Waals surface area (Å²) in [4.78, 5) is 12.2. The third kappa shape index (κ3) is 3.03. The largest absolute Gasteiger partial charge is 0.464 e. The first-order valence-corrected chi connectivity index (χ1v) is 9.12. The summed E-state index contributed by atoms with van der Waals surface area (Å²) in [5.74, 6) is -0.499. The zero-order valence-electron chi connectivity index (χ0n) is 13.2. The first-order chi connectivity index (χ1) is 11.4. The molecule has 2 aromatic carbocycles. The van der Waals surface area contributed by atoms with Crippen LogP contribution < -0.4 is 0 Å². The van der Waals surface area contributed by atoms with Gasteiger partial charge in [0.2, 0.25) is 0 Å². The van der Waals surface area contributed by atoms with Crippen molar-refractivity contribution in [1.82, 2.24) is 10.2 Å². The van der Waals surface area contributed by atoms with Crippen LogP contribution in [0.2, 0.25) is 0 Å². The number of rotatable bonds is 4. The van der Waals surface area contributed by atoms with Crippen LogP contribution in [0.25, 0.3) is 10.9 Å². The minimum Gasteiger partial charge on any atom is -0.464 e. The van der Waals surface area contributed by atoms with Gasteiger partial charge in [0.05, 0.1) is 17.5 Å². The molecule has 0 aliphatic rings. The van der Waals surface area contributed by atoms with Gasteiger partial charge in [0.25, 0.3) is 0 Å². The van der Waals surface area contributed by atoms with Gasteiger partial charge in [0, 0.05) is 11.6 Å². The average molecular weight is 344 g/mol. The van der Waals surface area contributed by atoms with Gasteiger partial charge < -0.3 is 4.74 Å². The first kappa shape index (κ1) is 16.2. The number of hydrogen-bond donors (Lipinski definition) is 1. The van der Waals surface area contributed by atoms with Gasteiger partial charge in [-0.1, -0.05) is 24.3 Å². The number of nitrogens with zero attached hydrogens (tertiary/aromatic N) is 1. The molecule has 124 valence electrons. The van der Waals surface area contributed by atoms with Crippen LogP contribution in [0, 0.1) is 0 Å². The first-order valence-electron chi connectivity index (χ1n) is 7.23. The number of aromatic nitrogens is 2. The maximum atomic E-state index is 11.9. The second-order valence-corrected chi connectivity index (χ2v) is 7.51. The summed E-state index contributed by atoms with van der Waals surface area (Å²) in [5.41, 5.74) is 2.84. The Labute approximate surface area is 139 Å². The molecule has 0 atom stereocenters. The van der Waals surface area contributed by atoms with Gasteiger partial charge in [-0.3, -0.25) is 5.10 Å². The van der Waals surface area contributed by atoms with Crippen molar-refractivity contribution >= 4 is 26.7 Å². The molecule has 1 aromatic heterocycles. The predicted octanol–water partition coefficient (Wildman–Crippen LogP) is 2.34. The number of benzene rings is 2. The number of carbonyl (C=O) groups excluding carboxylic acids is 1. The quantitative estimate of drug-likeness (QED) is 0.734. The van der Waals surface area contributed by atoms with Crippen molar-refractivity contribution in [3.63, 3.8) is 0 Å². The van der Waals surface area contributed by atoms with E-state index in [0.717, 1.165) is 22.0 Å². The molecule has 0 bridgehead atoms. The van der Waals surface area contributed by atoms with E-state index in [-0.39, 0.29) is 10.6 Å². The smallest absolute Gasteiger partial charge is 0.359 e. The Morgan fingerprint density at radius 1 is 1.17 bits per heavy atom. The van der Waals surface area contributed by atoms with Crippen molar-refractivity contribution in [2.45, 2.75) is 11.3 Å². The molecule has 3 rings (SSSR count). The molecule has 0 fully saturated rings. The van der Waals surface area contributed by atoms with Gasteiger partial charge >= 0.3 is 5.97 Å². The van der Waals surface area contributed by atoms with E-state index >= 15 is 0 Å². The van der Waals surface area contributed by atoms with E-state index in [0.29, 0.717) is 6.42 Å². The fourth-order valence-electron chi connectivity index (χ4n) is 2.61. The number of hydrogen-bond acceptors (Lipinski definition) is 5. The van der Waals surface area contributed by atoms with Crippen molar-refractivity contribution in [1.29, 1.82) is 0 Å². The van der Waals surface area contributed by atoms with Crippen LogP contribution in [0.3, 0.4) is 0 Å². The normalized spacial score (nSPS) is 11.6. The number of sulfone groups is 1. The van der Waals surface area contributed by atoms with Crippen LogP contribution in [0.15, 0.2) is 47.4 Å². The molecule has 0 amide bonds. The minimum atomic E-state index is -3.22. The van der Waals surface area contributed by atoms with E-state index < -0.39 is 15.8 Å². The molecule has 1 heterocycles. The highest BCUT2D eigenvalue weighted by atomic mass is 32.2. The van der Waals surface area contributed by atoms with Crippen molar-refractivity contribution in [2.75, 3.05) is 13.4 Å². The number of nitrogens with one attached hydrogen (secondary N) is 1. The van der Waals surface area contributed by atoms with Crippen molar-refractivity contribution in [3.05, 3.63) is 59.3 Å². The van der Waals surface area contributed by atoms with Gasteiger partial charge in [-0.05, 0) is 35.7 Å². The highest BCUT2D eigenvalue weighted by Crippen LogP contribution is 2.24. The molecule has 0 radical (unpaired) electrons. The fraction of sp³-hybridized carbons (Fsp3) is 0.176. The van der Waals surface area contributed by atoms with E-state index in [1.165, 1.54) is 13.4 Å². The Kier molecular flexibility index (Phi) is 4.11. The summed E-state index contributed by atoms with van der Waals surface area (Å²) >= 11 is 0. The molecule has 1 N–H and O–H groups in total. The number of carbonyl (C=O) groups is 1. The maximum absolute atomic E-state index is 11.9. The molecule has 6 nitrogen and oxygen atoms in total. The van der Waals surface area contributed by atoms with Gasteiger partial charge in [-0.15, -0.1) is 0 Å². The van der Waals surface area contributed by atoms with Gasteiger partial charge in [0.1, 0.15) is 0 Å². The van der Waals surface area contributed by atoms with Gasteiger partial charge in [-0.2, -0.15) is 5.10 Å². The maximum Gasteiger partial charge on any atom is 0.359 e. The summed E-state index contributed by atoms with van der Waals surface area (Å²) < 4.78 is 27.8. The van der Waals surface area contributed by atoms with Gasteiger partial charge in [0.15, 0.2) is 15.5 Å². The number of ether oxygens (including phenoxy) is 1. The van der Waals surface area contributed by atoms with Crippen molar-refractivity contribution in [2.24, 2.45) is 0 Å². The van der Waals surface area contributed by atoms with Crippen LogP contribution >= 0.6 is 0 Å². The molecule has 0 saturated heterocycles. The van der Waals surface area contributed by atoms with Crippen LogP contribution in [0.5, 0.6) is 0 Å². The summed E-state index contributed by atoms with van der Waals surface area (Å²) in [6.45, 7) is 0. The van der Waals surface area contributed by atoms with E-state index in [2.05, 4.69) is 10.2 Å². The third-order valence-electron chi connectivity index (χ3n) is 3.80. The lowest BCUT2D eigenvalue weighted by molar-refractivity contribution is 0.0596. The molecular formula is C17H16N2O4S. The summed E-state index contributed by atoms with van der Waals surface area (Å²) in [5, 5.41) is 7.58. The number of esters is 1. The average Bonchev–Trinajstić information content (AvgIpc) is 2.99. The third-order valence-corrected chi connectivity index (χ3v) is 4.93. The Hall–Kier alpha value is -2.67. The molecule has 24 heavy (non-hydrogen) atoms.